The predicted molar refractivity (Wildman–Crippen MR) is 84.1 cm³/mol. The Bertz CT molecular complexity index is 532. The molecule has 1 heterocycles. The van der Waals surface area contributed by atoms with Crippen LogP contribution in [0.1, 0.15) is 41.6 Å². The molecule has 1 saturated heterocycles. The molecule has 2 fully saturated rings. The van der Waals surface area contributed by atoms with Crippen molar-refractivity contribution in [3.05, 3.63) is 34.3 Å². The summed E-state index contributed by atoms with van der Waals surface area (Å²) in [5, 5.41) is 0.677. The van der Waals surface area contributed by atoms with Gasteiger partial charge < -0.3 is 4.74 Å². The topological polar surface area (TPSA) is 29.5 Å². The van der Waals surface area contributed by atoms with E-state index in [0.717, 1.165) is 63.1 Å². The molecule has 1 aromatic carbocycles. The average molecular weight is 308 g/mol. The first kappa shape index (κ1) is 15.0. The van der Waals surface area contributed by atoms with Gasteiger partial charge in [-0.25, -0.2) is 0 Å². The minimum Gasteiger partial charge on any atom is -0.379 e. The highest BCUT2D eigenvalue weighted by atomic mass is 35.5. The van der Waals surface area contributed by atoms with Crippen molar-refractivity contribution in [2.75, 3.05) is 26.3 Å². The van der Waals surface area contributed by atoms with Crippen LogP contribution >= 0.6 is 11.6 Å². The number of carbonyl (C=O) groups is 1. The van der Waals surface area contributed by atoms with E-state index >= 15 is 0 Å². The van der Waals surface area contributed by atoms with Crippen LogP contribution in [-0.4, -0.2) is 42.5 Å². The monoisotopic (exact) mass is 307 g/mol. The van der Waals surface area contributed by atoms with Crippen molar-refractivity contribution in [3.63, 3.8) is 0 Å². The van der Waals surface area contributed by atoms with Gasteiger partial charge in [-0.3, -0.25) is 9.69 Å². The van der Waals surface area contributed by atoms with Crippen LogP contribution in [0.25, 0.3) is 0 Å². The van der Waals surface area contributed by atoms with Gasteiger partial charge in [-0.15, -0.1) is 0 Å². The second-order valence-electron chi connectivity index (χ2n) is 6.13. The van der Waals surface area contributed by atoms with Gasteiger partial charge in [-0.2, -0.15) is 0 Å². The summed E-state index contributed by atoms with van der Waals surface area (Å²) >= 11 is 6.21. The molecule has 1 saturated carbocycles. The Balaban J connectivity index is 1.92. The summed E-state index contributed by atoms with van der Waals surface area (Å²) in [4.78, 5) is 15.5. The lowest BCUT2D eigenvalue weighted by molar-refractivity contribution is -0.0130. The maximum atomic E-state index is 13.2. The van der Waals surface area contributed by atoms with E-state index in [1.807, 2.05) is 25.1 Å². The normalized spacial score (nSPS) is 22.4. The molecule has 1 aliphatic heterocycles. The highest BCUT2D eigenvalue weighted by Crippen LogP contribution is 2.39. The molecule has 4 heteroatoms. The fourth-order valence-electron chi connectivity index (χ4n) is 3.64. The SMILES string of the molecule is Cc1ccc(C(=O)C2(N3CCOCC3)CCCC2)cc1Cl. The lowest BCUT2D eigenvalue weighted by Crippen LogP contribution is -2.56. The predicted octanol–water partition coefficient (Wildman–Crippen LogP) is 3.48. The molecule has 0 aromatic heterocycles. The number of aryl methyl sites for hydroxylation is 1. The van der Waals surface area contributed by atoms with E-state index in [9.17, 15) is 4.79 Å². The first-order valence-corrected chi connectivity index (χ1v) is 8.15. The van der Waals surface area contributed by atoms with Crippen molar-refractivity contribution in [3.8, 4) is 0 Å². The number of Topliss-reactive ketones (excluding diaryl/α,β-unsaturated/α-hetero) is 1. The van der Waals surface area contributed by atoms with E-state index in [2.05, 4.69) is 4.90 Å². The van der Waals surface area contributed by atoms with Gasteiger partial charge in [-0.05, 0) is 31.4 Å². The maximum absolute atomic E-state index is 13.2. The minimum absolute atomic E-state index is 0.240. The Labute approximate surface area is 131 Å². The molecule has 2 aliphatic rings. The second-order valence-corrected chi connectivity index (χ2v) is 6.54. The Morgan fingerprint density at radius 2 is 1.90 bits per heavy atom. The summed E-state index contributed by atoms with van der Waals surface area (Å²) in [6.45, 7) is 5.12. The molecule has 0 radical (unpaired) electrons. The largest absolute Gasteiger partial charge is 0.379 e. The molecule has 3 rings (SSSR count). The zero-order chi connectivity index (χ0) is 14.9. The van der Waals surface area contributed by atoms with E-state index in [0.29, 0.717) is 5.02 Å². The van der Waals surface area contributed by atoms with Gasteiger partial charge in [-0.1, -0.05) is 36.6 Å². The van der Waals surface area contributed by atoms with Crippen LogP contribution in [0.2, 0.25) is 5.02 Å². The summed E-state index contributed by atoms with van der Waals surface area (Å²) in [6, 6.07) is 5.70. The number of halogens is 1. The van der Waals surface area contributed by atoms with E-state index in [4.69, 9.17) is 16.3 Å². The Morgan fingerprint density at radius 1 is 1.24 bits per heavy atom. The van der Waals surface area contributed by atoms with Crippen LogP contribution in [0.5, 0.6) is 0 Å². The molecule has 3 nitrogen and oxygen atoms in total. The van der Waals surface area contributed by atoms with Crippen molar-refractivity contribution in [1.82, 2.24) is 4.90 Å². The molecular weight excluding hydrogens is 286 g/mol. The molecule has 1 aromatic rings. The maximum Gasteiger partial charge on any atom is 0.183 e. The third-order valence-corrected chi connectivity index (χ3v) is 5.31. The molecule has 1 aliphatic carbocycles. The van der Waals surface area contributed by atoms with Crippen LogP contribution in [0.4, 0.5) is 0 Å². The third-order valence-electron chi connectivity index (χ3n) is 4.90. The van der Waals surface area contributed by atoms with E-state index in [1.54, 1.807) is 0 Å². The van der Waals surface area contributed by atoms with E-state index in [1.165, 1.54) is 0 Å². The number of hydrogen-bond acceptors (Lipinski definition) is 3. The fourth-order valence-corrected chi connectivity index (χ4v) is 3.82. The van der Waals surface area contributed by atoms with Gasteiger partial charge in [0.2, 0.25) is 0 Å². The highest BCUT2D eigenvalue weighted by molar-refractivity contribution is 6.31. The smallest absolute Gasteiger partial charge is 0.183 e. The van der Waals surface area contributed by atoms with Crippen molar-refractivity contribution < 1.29 is 9.53 Å². The van der Waals surface area contributed by atoms with Gasteiger partial charge in [0.25, 0.3) is 0 Å². The van der Waals surface area contributed by atoms with E-state index < -0.39 is 0 Å². The van der Waals surface area contributed by atoms with Gasteiger partial charge in [0.1, 0.15) is 0 Å². The van der Waals surface area contributed by atoms with Gasteiger partial charge in [0.05, 0.1) is 18.8 Å². The Hall–Kier alpha value is -0.900. The van der Waals surface area contributed by atoms with Gasteiger partial charge >= 0.3 is 0 Å². The van der Waals surface area contributed by atoms with Crippen LogP contribution in [0.3, 0.4) is 0 Å². The Kier molecular flexibility index (Phi) is 4.34. The molecule has 0 bridgehead atoms. The van der Waals surface area contributed by atoms with Gasteiger partial charge in [0, 0.05) is 23.7 Å². The van der Waals surface area contributed by atoms with Crippen molar-refractivity contribution in [2.45, 2.75) is 38.1 Å². The number of benzene rings is 1. The zero-order valence-corrected chi connectivity index (χ0v) is 13.3. The van der Waals surface area contributed by atoms with Crippen LogP contribution < -0.4 is 0 Å². The van der Waals surface area contributed by atoms with Crippen LogP contribution in [0, 0.1) is 6.92 Å². The quantitative estimate of drug-likeness (QED) is 0.801. The summed E-state index contributed by atoms with van der Waals surface area (Å²) in [6.07, 6.45) is 4.17. The molecular formula is C17H22ClNO2. The molecule has 0 N–H and O–H groups in total. The Morgan fingerprint density at radius 3 is 2.52 bits per heavy atom. The molecule has 0 atom stereocenters. The summed E-state index contributed by atoms with van der Waals surface area (Å²) in [7, 11) is 0. The molecule has 0 unspecified atom stereocenters. The molecule has 114 valence electrons. The van der Waals surface area contributed by atoms with Gasteiger partial charge in [0.15, 0.2) is 5.78 Å². The number of carbonyl (C=O) groups excluding carboxylic acids is 1. The summed E-state index contributed by atoms with van der Waals surface area (Å²) in [5.74, 6) is 0.240. The van der Waals surface area contributed by atoms with Crippen molar-refractivity contribution in [1.29, 1.82) is 0 Å². The van der Waals surface area contributed by atoms with E-state index in [-0.39, 0.29) is 11.3 Å². The number of hydrogen-bond donors (Lipinski definition) is 0. The van der Waals surface area contributed by atoms with Crippen LogP contribution in [0.15, 0.2) is 18.2 Å². The second kappa shape index (κ2) is 6.07. The number of ether oxygens (including phenoxy) is 1. The number of morpholine rings is 1. The zero-order valence-electron chi connectivity index (χ0n) is 12.5. The number of ketones is 1. The first-order chi connectivity index (χ1) is 10.1. The minimum atomic E-state index is -0.331. The number of rotatable bonds is 3. The average Bonchev–Trinajstić information content (AvgIpc) is 3.01. The van der Waals surface area contributed by atoms with Crippen molar-refractivity contribution in [2.24, 2.45) is 0 Å². The lowest BCUT2D eigenvalue weighted by atomic mass is 9.85. The van der Waals surface area contributed by atoms with Crippen LogP contribution in [-0.2, 0) is 4.74 Å². The third kappa shape index (κ3) is 2.75. The summed E-state index contributed by atoms with van der Waals surface area (Å²) < 4.78 is 5.45. The summed E-state index contributed by atoms with van der Waals surface area (Å²) in [5.41, 5.74) is 1.43. The first-order valence-electron chi connectivity index (χ1n) is 7.77. The molecule has 0 spiro atoms. The molecule has 21 heavy (non-hydrogen) atoms. The standard InChI is InChI=1S/C17H22ClNO2/c1-13-4-5-14(12-15(13)18)16(20)17(6-2-3-7-17)19-8-10-21-11-9-19/h4-5,12H,2-3,6-11H2,1H3. The lowest BCUT2D eigenvalue weighted by Gasteiger charge is -2.42. The van der Waals surface area contributed by atoms with Crippen molar-refractivity contribution >= 4 is 17.4 Å². The highest BCUT2D eigenvalue weighted by Gasteiger charge is 2.46. The molecule has 0 amide bonds. The number of nitrogens with zero attached hydrogens (tertiary/aromatic N) is 1. The fraction of sp³-hybridized carbons (Fsp3) is 0.588.